The average molecular weight is 395 g/mol. The lowest BCUT2D eigenvalue weighted by atomic mass is 9.89. The molecule has 2 aromatic carbocycles. The SMILES string of the molecule is CC(=O)c1ccc(OCCCC(=O)N2CC(C(=O)O)C(c3ccccc3)C2)cc1. The largest absolute Gasteiger partial charge is 0.494 e. The minimum atomic E-state index is -0.869. The summed E-state index contributed by atoms with van der Waals surface area (Å²) in [6.07, 6.45) is 0.844. The number of amides is 1. The summed E-state index contributed by atoms with van der Waals surface area (Å²) in [5.41, 5.74) is 1.58. The average Bonchev–Trinajstić information content (AvgIpc) is 3.18. The molecule has 152 valence electrons. The van der Waals surface area contributed by atoms with Gasteiger partial charge in [0.2, 0.25) is 5.91 Å². The Kier molecular flexibility index (Phi) is 6.65. The Morgan fingerprint density at radius 2 is 1.72 bits per heavy atom. The summed E-state index contributed by atoms with van der Waals surface area (Å²) in [6.45, 7) is 2.55. The number of carbonyl (C=O) groups excluding carboxylic acids is 2. The van der Waals surface area contributed by atoms with E-state index in [9.17, 15) is 19.5 Å². The number of nitrogens with zero attached hydrogens (tertiary/aromatic N) is 1. The Hall–Kier alpha value is -3.15. The molecule has 0 aliphatic carbocycles. The molecule has 3 rings (SSSR count). The zero-order valence-electron chi connectivity index (χ0n) is 16.4. The van der Waals surface area contributed by atoms with Crippen LogP contribution in [-0.4, -0.2) is 47.4 Å². The van der Waals surface area contributed by atoms with Gasteiger partial charge in [0.05, 0.1) is 12.5 Å². The van der Waals surface area contributed by atoms with Crippen LogP contribution in [0, 0.1) is 5.92 Å². The standard InChI is InChI=1S/C23H25NO5/c1-16(25)17-9-11-19(12-10-17)29-13-5-8-22(26)24-14-20(21(15-24)23(27)28)18-6-3-2-4-7-18/h2-4,6-7,9-12,20-21H,5,8,13-15H2,1H3,(H,27,28). The van der Waals surface area contributed by atoms with Crippen molar-refractivity contribution < 1.29 is 24.2 Å². The molecule has 1 N–H and O–H groups in total. The maximum atomic E-state index is 12.6. The molecule has 1 aliphatic heterocycles. The minimum absolute atomic E-state index is 0.00114. The normalized spacial score (nSPS) is 18.4. The molecule has 2 atom stereocenters. The van der Waals surface area contributed by atoms with Crippen LogP contribution in [0.1, 0.15) is 41.6 Å². The van der Waals surface area contributed by atoms with Gasteiger partial charge in [-0.1, -0.05) is 30.3 Å². The number of hydrogen-bond donors (Lipinski definition) is 1. The van der Waals surface area contributed by atoms with Gasteiger partial charge in [0, 0.05) is 31.0 Å². The van der Waals surface area contributed by atoms with E-state index in [1.807, 2.05) is 30.3 Å². The van der Waals surface area contributed by atoms with Crippen LogP contribution in [0.2, 0.25) is 0 Å². The van der Waals surface area contributed by atoms with E-state index in [0.717, 1.165) is 5.56 Å². The Morgan fingerprint density at radius 1 is 1.03 bits per heavy atom. The van der Waals surface area contributed by atoms with Gasteiger partial charge in [-0.3, -0.25) is 14.4 Å². The lowest BCUT2D eigenvalue weighted by Gasteiger charge is -2.16. The number of Topliss-reactive ketones (excluding diaryl/α,β-unsaturated/α-hetero) is 1. The molecule has 0 spiro atoms. The third-order valence-electron chi connectivity index (χ3n) is 5.28. The Morgan fingerprint density at radius 3 is 2.34 bits per heavy atom. The highest BCUT2D eigenvalue weighted by atomic mass is 16.5. The molecule has 0 radical (unpaired) electrons. The first-order valence-electron chi connectivity index (χ1n) is 9.75. The second kappa shape index (κ2) is 9.37. The highest BCUT2D eigenvalue weighted by molar-refractivity contribution is 5.94. The fourth-order valence-electron chi connectivity index (χ4n) is 3.65. The molecule has 0 aromatic heterocycles. The van der Waals surface area contributed by atoms with Crippen LogP contribution in [0.5, 0.6) is 5.75 Å². The van der Waals surface area contributed by atoms with Crippen molar-refractivity contribution >= 4 is 17.7 Å². The van der Waals surface area contributed by atoms with E-state index in [4.69, 9.17) is 4.74 Å². The highest BCUT2D eigenvalue weighted by Gasteiger charge is 2.40. The quantitative estimate of drug-likeness (QED) is 0.547. The molecule has 2 unspecified atom stereocenters. The smallest absolute Gasteiger partial charge is 0.308 e. The van der Waals surface area contributed by atoms with E-state index in [0.29, 0.717) is 37.3 Å². The highest BCUT2D eigenvalue weighted by Crippen LogP contribution is 2.33. The summed E-state index contributed by atoms with van der Waals surface area (Å²) in [5.74, 6) is -1.04. The van der Waals surface area contributed by atoms with Gasteiger partial charge < -0.3 is 14.7 Å². The molecule has 1 amide bonds. The van der Waals surface area contributed by atoms with Gasteiger partial charge in [0.15, 0.2) is 5.78 Å². The number of ketones is 1. The number of ether oxygens (including phenoxy) is 1. The van der Waals surface area contributed by atoms with Crippen LogP contribution in [-0.2, 0) is 9.59 Å². The van der Waals surface area contributed by atoms with E-state index in [1.165, 1.54) is 6.92 Å². The number of hydrogen-bond acceptors (Lipinski definition) is 4. The van der Waals surface area contributed by atoms with Gasteiger partial charge in [-0.05, 0) is 43.2 Å². The predicted octanol–water partition coefficient (Wildman–Crippen LogP) is 3.38. The summed E-state index contributed by atoms with van der Waals surface area (Å²) in [6, 6.07) is 16.4. The first kappa shape index (κ1) is 20.6. The topological polar surface area (TPSA) is 83.9 Å². The number of carbonyl (C=O) groups is 3. The molecule has 1 fully saturated rings. The van der Waals surface area contributed by atoms with E-state index < -0.39 is 11.9 Å². The van der Waals surface area contributed by atoms with Crippen molar-refractivity contribution in [3.05, 3.63) is 65.7 Å². The fraction of sp³-hybridized carbons (Fsp3) is 0.348. The van der Waals surface area contributed by atoms with E-state index in [1.54, 1.807) is 29.2 Å². The second-order valence-electron chi connectivity index (χ2n) is 7.29. The van der Waals surface area contributed by atoms with E-state index in [2.05, 4.69) is 0 Å². The molecule has 0 bridgehead atoms. The van der Waals surface area contributed by atoms with Gasteiger partial charge in [-0.15, -0.1) is 0 Å². The Labute approximate surface area is 170 Å². The number of carboxylic acids is 1. The molecule has 1 heterocycles. The second-order valence-corrected chi connectivity index (χ2v) is 7.29. The maximum Gasteiger partial charge on any atom is 0.308 e. The van der Waals surface area contributed by atoms with Gasteiger partial charge in [-0.25, -0.2) is 0 Å². The lowest BCUT2D eigenvalue weighted by molar-refractivity contribution is -0.141. The van der Waals surface area contributed by atoms with Crippen molar-refractivity contribution in [1.29, 1.82) is 0 Å². The predicted molar refractivity (Wildman–Crippen MR) is 108 cm³/mol. The number of likely N-dealkylation sites (tertiary alicyclic amines) is 1. The Bertz CT molecular complexity index is 863. The fourth-order valence-corrected chi connectivity index (χ4v) is 3.65. The molecule has 6 heteroatoms. The third kappa shape index (κ3) is 5.22. The minimum Gasteiger partial charge on any atom is -0.494 e. The lowest BCUT2D eigenvalue weighted by Crippen LogP contribution is -2.30. The maximum absolute atomic E-state index is 12.6. The summed E-state index contributed by atoms with van der Waals surface area (Å²) < 4.78 is 5.63. The van der Waals surface area contributed by atoms with Gasteiger partial charge >= 0.3 is 5.97 Å². The van der Waals surface area contributed by atoms with Crippen molar-refractivity contribution in [2.24, 2.45) is 5.92 Å². The van der Waals surface area contributed by atoms with Crippen LogP contribution in [0.25, 0.3) is 0 Å². The van der Waals surface area contributed by atoms with Crippen LogP contribution in [0.3, 0.4) is 0 Å². The molecule has 6 nitrogen and oxygen atoms in total. The molecule has 2 aromatic rings. The summed E-state index contributed by atoms with van der Waals surface area (Å²) in [4.78, 5) is 37.1. The molecule has 29 heavy (non-hydrogen) atoms. The van der Waals surface area contributed by atoms with Crippen molar-refractivity contribution in [2.45, 2.75) is 25.7 Å². The number of rotatable bonds is 8. The number of benzene rings is 2. The van der Waals surface area contributed by atoms with Crippen molar-refractivity contribution in [2.75, 3.05) is 19.7 Å². The van der Waals surface area contributed by atoms with Crippen molar-refractivity contribution in [3.63, 3.8) is 0 Å². The van der Waals surface area contributed by atoms with Crippen LogP contribution in [0.15, 0.2) is 54.6 Å². The zero-order chi connectivity index (χ0) is 20.8. The molecule has 1 saturated heterocycles. The summed E-state index contributed by atoms with van der Waals surface area (Å²) in [5, 5.41) is 9.56. The first-order valence-corrected chi connectivity index (χ1v) is 9.75. The summed E-state index contributed by atoms with van der Waals surface area (Å²) >= 11 is 0. The monoisotopic (exact) mass is 395 g/mol. The van der Waals surface area contributed by atoms with Crippen molar-refractivity contribution in [1.82, 2.24) is 4.90 Å². The summed E-state index contributed by atoms with van der Waals surface area (Å²) in [7, 11) is 0. The van der Waals surface area contributed by atoms with Crippen molar-refractivity contribution in [3.8, 4) is 5.75 Å². The van der Waals surface area contributed by atoms with E-state index in [-0.39, 0.29) is 24.2 Å². The van der Waals surface area contributed by atoms with Crippen LogP contribution in [0.4, 0.5) is 0 Å². The van der Waals surface area contributed by atoms with Gasteiger partial charge in [-0.2, -0.15) is 0 Å². The van der Waals surface area contributed by atoms with Crippen LogP contribution < -0.4 is 4.74 Å². The molecule has 0 saturated carbocycles. The number of carboxylic acid groups (broad SMARTS) is 1. The van der Waals surface area contributed by atoms with Gasteiger partial charge in [0.25, 0.3) is 0 Å². The van der Waals surface area contributed by atoms with Crippen LogP contribution >= 0.6 is 0 Å². The molecular formula is C23H25NO5. The molecule has 1 aliphatic rings. The van der Waals surface area contributed by atoms with E-state index >= 15 is 0 Å². The zero-order valence-corrected chi connectivity index (χ0v) is 16.4. The first-order chi connectivity index (χ1) is 14.0. The number of aliphatic carboxylic acids is 1. The third-order valence-corrected chi connectivity index (χ3v) is 5.28. The van der Waals surface area contributed by atoms with Gasteiger partial charge in [0.1, 0.15) is 5.75 Å². The molecular weight excluding hydrogens is 370 g/mol. The Balaban J connectivity index is 1.49.